The highest BCUT2D eigenvalue weighted by molar-refractivity contribution is 7.98. The minimum Gasteiger partial charge on any atom is -0.460 e. The minimum absolute atomic E-state index is 0.0794. The lowest BCUT2D eigenvalue weighted by atomic mass is 10.00. The maximum atomic E-state index is 12.9. The van der Waals surface area contributed by atoms with Gasteiger partial charge in [-0.25, -0.2) is 23.3 Å². The van der Waals surface area contributed by atoms with Crippen LogP contribution in [0, 0.1) is 0 Å². The van der Waals surface area contributed by atoms with Crippen LogP contribution < -0.4 is 5.14 Å². The van der Waals surface area contributed by atoms with Crippen molar-refractivity contribution < 1.29 is 23.1 Å². The first-order valence-electron chi connectivity index (χ1n) is 11.8. The van der Waals surface area contributed by atoms with Crippen molar-refractivity contribution in [3.05, 3.63) is 65.6 Å². The van der Waals surface area contributed by atoms with Crippen molar-refractivity contribution >= 4 is 27.8 Å². The lowest BCUT2D eigenvalue weighted by Crippen LogP contribution is -2.37. The number of aryl methyl sites for hydroxylation is 2. The number of aliphatic hydroxyl groups is 1. The second-order valence-corrected chi connectivity index (χ2v) is 11.0. The summed E-state index contributed by atoms with van der Waals surface area (Å²) in [7, 11) is -3.84. The molecule has 4 N–H and O–H groups in total. The third-order valence-electron chi connectivity index (χ3n) is 6.07. The van der Waals surface area contributed by atoms with Gasteiger partial charge >= 0.3 is 5.97 Å². The Morgan fingerprint density at radius 1 is 1.19 bits per heavy atom. The second-order valence-electron chi connectivity index (χ2n) is 8.71. The highest BCUT2D eigenvalue weighted by Gasteiger charge is 2.39. The van der Waals surface area contributed by atoms with Crippen LogP contribution in [0.1, 0.15) is 50.7 Å². The summed E-state index contributed by atoms with van der Waals surface area (Å²) in [6, 6.07) is 14.2. The maximum absolute atomic E-state index is 12.9. The predicted molar refractivity (Wildman–Crippen MR) is 141 cm³/mol. The number of H-pyrrole nitrogens is 1. The van der Waals surface area contributed by atoms with Gasteiger partial charge in [-0.1, -0.05) is 56.3 Å². The van der Waals surface area contributed by atoms with Gasteiger partial charge in [0.2, 0.25) is 15.6 Å². The van der Waals surface area contributed by atoms with Gasteiger partial charge in [0, 0.05) is 12.0 Å². The Morgan fingerprint density at radius 2 is 1.86 bits per heavy atom. The van der Waals surface area contributed by atoms with Crippen LogP contribution in [0.15, 0.2) is 58.5 Å². The molecule has 10 heteroatoms. The topological polar surface area (TPSA) is 135 Å². The van der Waals surface area contributed by atoms with Gasteiger partial charge in [-0.2, -0.15) is 0 Å². The van der Waals surface area contributed by atoms with Crippen LogP contribution >= 0.6 is 11.8 Å². The fraction of sp³-hybridized carbons (Fsp3) is 0.385. The number of rotatable bonds is 11. The summed E-state index contributed by atoms with van der Waals surface area (Å²) >= 11 is 1.36. The number of nitrogens with one attached hydrogen (secondary N) is 1. The van der Waals surface area contributed by atoms with E-state index in [1.807, 2.05) is 44.4 Å². The summed E-state index contributed by atoms with van der Waals surface area (Å²) in [5.74, 6) is -0.0181. The van der Waals surface area contributed by atoms with Crippen LogP contribution in [0.5, 0.6) is 0 Å². The molecular weight excluding hydrogens is 498 g/mol. The number of imidazole rings is 1. The van der Waals surface area contributed by atoms with E-state index in [9.17, 15) is 18.3 Å². The molecule has 3 rings (SSSR count). The maximum Gasteiger partial charge on any atom is 0.344 e. The third-order valence-corrected chi connectivity index (χ3v) is 7.73. The first kappa shape index (κ1) is 27.9. The Labute approximate surface area is 216 Å². The van der Waals surface area contributed by atoms with E-state index >= 15 is 0 Å². The smallest absolute Gasteiger partial charge is 0.344 e. The number of aromatic amines is 1. The van der Waals surface area contributed by atoms with Crippen molar-refractivity contribution in [3.63, 3.8) is 0 Å². The normalized spacial score (nSPS) is 14.3. The van der Waals surface area contributed by atoms with Crippen molar-refractivity contribution in [1.82, 2.24) is 9.97 Å². The summed E-state index contributed by atoms with van der Waals surface area (Å²) in [6.45, 7) is 5.30. The number of benzene rings is 2. The Bertz CT molecular complexity index is 1300. The minimum atomic E-state index is -3.84. The lowest BCUT2D eigenvalue weighted by molar-refractivity contribution is -0.171. The number of hydrogen-bond donors (Lipinski definition) is 3. The fourth-order valence-corrected chi connectivity index (χ4v) is 5.31. The van der Waals surface area contributed by atoms with E-state index in [1.165, 1.54) is 24.8 Å². The number of primary sulfonamides is 1. The van der Waals surface area contributed by atoms with Crippen molar-refractivity contribution in [2.75, 3.05) is 6.26 Å². The molecule has 1 aromatic heterocycles. The molecule has 0 fully saturated rings. The molecule has 0 aliphatic heterocycles. The summed E-state index contributed by atoms with van der Waals surface area (Å²) < 4.78 is 29.5. The number of nitrogens with two attached hydrogens (primary N) is 1. The number of sulfonamides is 1. The first-order chi connectivity index (χ1) is 17.0. The van der Waals surface area contributed by atoms with E-state index in [2.05, 4.69) is 9.97 Å². The van der Waals surface area contributed by atoms with Crippen LogP contribution in [-0.2, 0) is 38.0 Å². The Balaban J connectivity index is 1.68. The average Bonchev–Trinajstić information content (AvgIpc) is 3.31. The quantitative estimate of drug-likeness (QED) is 0.250. The zero-order valence-corrected chi connectivity index (χ0v) is 22.6. The second kappa shape index (κ2) is 11.6. The summed E-state index contributed by atoms with van der Waals surface area (Å²) in [5, 5.41) is 16.9. The number of carbonyl (C=O) groups excluding carboxylic acids is 1. The molecule has 3 aromatic rings. The van der Waals surface area contributed by atoms with Crippen molar-refractivity contribution in [3.8, 4) is 11.1 Å². The molecular formula is C26H33N3O5S2. The van der Waals surface area contributed by atoms with Crippen LogP contribution in [0.3, 0.4) is 0 Å². The molecule has 0 saturated heterocycles. The van der Waals surface area contributed by atoms with Crippen LogP contribution in [0.4, 0.5) is 0 Å². The molecule has 2 unspecified atom stereocenters. The standard InChI is InChI=1S/C26H33N3O5S2/c1-5-19(34-25(30)26(3,31)23-24(35-4)29-22(6-2)28-23)16-13-17-11-14-18(15-12-17)20-9-7-8-10-21(20)36(27,32)33/h7-12,14-15,19,31H,5-6,13,16H2,1-4H3,(H,28,29)(H2,27,32,33). The largest absolute Gasteiger partial charge is 0.460 e. The number of aromatic nitrogens is 2. The molecule has 0 amide bonds. The molecule has 2 atom stereocenters. The van der Waals surface area contributed by atoms with E-state index in [0.29, 0.717) is 47.8 Å². The van der Waals surface area contributed by atoms with Gasteiger partial charge in [0.1, 0.15) is 17.0 Å². The van der Waals surface area contributed by atoms with E-state index < -0.39 is 21.6 Å². The Hall–Kier alpha value is -2.66. The lowest BCUT2D eigenvalue weighted by Gasteiger charge is -2.25. The number of esters is 1. The van der Waals surface area contributed by atoms with Gasteiger partial charge in [0.25, 0.3) is 0 Å². The van der Waals surface area contributed by atoms with E-state index in [1.54, 1.807) is 18.2 Å². The number of thioether (sulfide) groups is 1. The molecule has 36 heavy (non-hydrogen) atoms. The molecule has 0 aliphatic rings. The fourth-order valence-electron chi connectivity index (χ4n) is 3.90. The highest BCUT2D eigenvalue weighted by Crippen LogP contribution is 2.31. The van der Waals surface area contributed by atoms with Crippen molar-refractivity contribution in [2.45, 2.75) is 68.1 Å². The molecule has 8 nitrogen and oxygen atoms in total. The monoisotopic (exact) mass is 531 g/mol. The highest BCUT2D eigenvalue weighted by atomic mass is 32.2. The molecule has 0 spiro atoms. The molecule has 2 aromatic carbocycles. The molecule has 1 heterocycles. The van der Waals surface area contributed by atoms with E-state index in [0.717, 1.165) is 11.1 Å². The van der Waals surface area contributed by atoms with Gasteiger partial charge < -0.3 is 14.8 Å². The number of carbonyl (C=O) groups is 1. The molecule has 0 radical (unpaired) electrons. The first-order valence-corrected chi connectivity index (χ1v) is 14.6. The number of hydrogen-bond acceptors (Lipinski definition) is 7. The van der Waals surface area contributed by atoms with Gasteiger partial charge in [0.05, 0.1) is 10.6 Å². The molecule has 0 bridgehead atoms. The zero-order chi connectivity index (χ0) is 26.5. The average molecular weight is 532 g/mol. The van der Waals surface area contributed by atoms with Crippen LogP contribution in [0.2, 0.25) is 0 Å². The SMILES string of the molecule is CCc1nc(SC)c(C(C)(O)C(=O)OC(CC)CCc2ccc(-c3ccccc3S(N)(=O)=O)cc2)[nH]1. The summed E-state index contributed by atoms with van der Waals surface area (Å²) in [4.78, 5) is 20.5. The zero-order valence-electron chi connectivity index (χ0n) is 20.9. The van der Waals surface area contributed by atoms with Gasteiger partial charge in [0.15, 0.2) is 0 Å². The number of nitrogens with zero attached hydrogens (tertiary/aromatic N) is 1. The number of ether oxygens (including phenoxy) is 1. The Kier molecular flexibility index (Phi) is 8.99. The van der Waals surface area contributed by atoms with Gasteiger partial charge in [-0.3, -0.25) is 0 Å². The van der Waals surface area contributed by atoms with Gasteiger partial charge in [-0.05, 0) is 49.6 Å². The van der Waals surface area contributed by atoms with E-state index in [-0.39, 0.29) is 11.0 Å². The molecule has 0 saturated carbocycles. The van der Waals surface area contributed by atoms with Gasteiger partial charge in [-0.15, -0.1) is 11.8 Å². The predicted octanol–water partition coefficient (Wildman–Crippen LogP) is 4.17. The third kappa shape index (κ3) is 6.36. The molecule has 194 valence electrons. The summed E-state index contributed by atoms with van der Waals surface area (Å²) in [5.41, 5.74) is 0.808. The molecule has 0 aliphatic carbocycles. The van der Waals surface area contributed by atoms with Crippen LogP contribution in [0.25, 0.3) is 11.1 Å². The Morgan fingerprint density at radius 3 is 2.44 bits per heavy atom. The van der Waals surface area contributed by atoms with E-state index in [4.69, 9.17) is 9.88 Å². The summed E-state index contributed by atoms with van der Waals surface area (Å²) in [6.07, 6.45) is 3.93. The van der Waals surface area contributed by atoms with Crippen molar-refractivity contribution in [1.29, 1.82) is 0 Å². The van der Waals surface area contributed by atoms with Crippen LogP contribution in [-0.4, -0.2) is 41.8 Å². The van der Waals surface area contributed by atoms with Crippen molar-refractivity contribution in [2.24, 2.45) is 5.14 Å².